The Morgan fingerprint density at radius 3 is 2.69 bits per heavy atom. The Hall–Kier alpha value is -1.28. The number of para-hydroxylation sites is 1. The Morgan fingerprint density at radius 1 is 1.31 bits per heavy atom. The van der Waals surface area contributed by atoms with Gasteiger partial charge in [0.1, 0.15) is 0 Å². The predicted molar refractivity (Wildman–Crippen MR) is 67.5 cm³/mol. The van der Waals surface area contributed by atoms with E-state index in [-0.39, 0.29) is 5.54 Å². The van der Waals surface area contributed by atoms with Gasteiger partial charge in [-0.1, -0.05) is 32.0 Å². The fourth-order valence-corrected chi connectivity index (χ4v) is 2.47. The minimum absolute atomic E-state index is 0.0478. The average molecular weight is 214 g/mol. The molecule has 1 fully saturated rings. The number of H-pyrrole nitrogens is 1. The lowest BCUT2D eigenvalue weighted by molar-refractivity contribution is 0.747. The van der Waals surface area contributed by atoms with E-state index < -0.39 is 0 Å². The monoisotopic (exact) mass is 214 g/mol. The Labute approximate surface area is 95.8 Å². The molecule has 1 aromatic heterocycles. The van der Waals surface area contributed by atoms with Gasteiger partial charge in [0, 0.05) is 22.6 Å². The van der Waals surface area contributed by atoms with E-state index in [9.17, 15) is 0 Å². The van der Waals surface area contributed by atoms with Crippen LogP contribution in [0, 0.1) is 0 Å². The molecule has 3 N–H and O–H groups in total. The normalized spacial score (nSPS) is 18.2. The highest BCUT2D eigenvalue weighted by Gasteiger charge is 2.41. The van der Waals surface area contributed by atoms with E-state index in [2.05, 4.69) is 43.2 Å². The van der Waals surface area contributed by atoms with Crippen LogP contribution in [0.15, 0.2) is 24.4 Å². The van der Waals surface area contributed by atoms with Crippen LogP contribution in [0.5, 0.6) is 0 Å². The lowest BCUT2D eigenvalue weighted by Gasteiger charge is -2.09. The molecule has 0 radical (unpaired) electrons. The molecule has 0 aliphatic heterocycles. The number of benzene rings is 1. The number of fused-ring (bicyclic) bond motifs is 1. The Balaban J connectivity index is 2.24. The average Bonchev–Trinajstić information content (AvgIpc) is 2.85. The quantitative estimate of drug-likeness (QED) is 0.791. The molecule has 3 rings (SSSR count). The van der Waals surface area contributed by atoms with Gasteiger partial charge in [-0.05, 0) is 29.9 Å². The van der Waals surface area contributed by atoms with Crippen molar-refractivity contribution in [3.63, 3.8) is 0 Å². The van der Waals surface area contributed by atoms with Gasteiger partial charge < -0.3 is 10.7 Å². The van der Waals surface area contributed by atoms with E-state index in [0.717, 1.165) is 12.8 Å². The molecule has 84 valence electrons. The van der Waals surface area contributed by atoms with Crippen LogP contribution in [0.25, 0.3) is 10.9 Å². The summed E-state index contributed by atoms with van der Waals surface area (Å²) in [6.45, 7) is 4.45. The fraction of sp³-hybridized carbons (Fsp3) is 0.429. The van der Waals surface area contributed by atoms with Crippen molar-refractivity contribution in [3.8, 4) is 0 Å². The van der Waals surface area contributed by atoms with Crippen molar-refractivity contribution in [2.45, 2.75) is 38.1 Å². The smallest absolute Gasteiger partial charge is 0.0492 e. The van der Waals surface area contributed by atoms with Crippen LogP contribution in [0.1, 0.15) is 43.7 Å². The van der Waals surface area contributed by atoms with Gasteiger partial charge in [-0.25, -0.2) is 0 Å². The predicted octanol–water partition coefficient (Wildman–Crippen LogP) is 3.24. The van der Waals surface area contributed by atoms with Crippen LogP contribution in [0.3, 0.4) is 0 Å². The van der Waals surface area contributed by atoms with Crippen LogP contribution in [0.4, 0.5) is 0 Å². The van der Waals surface area contributed by atoms with Crippen molar-refractivity contribution in [1.82, 2.24) is 4.98 Å². The molecule has 1 aromatic carbocycles. The zero-order chi connectivity index (χ0) is 11.3. The molecule has 0 unspecified atom stereocenters. The molecule has 2 nitrogen and oxygen atoms in total. The largest absolute Gasteiger partial charge is 0.361 e. The molecule has 2 heteroatoms. The van der Waals surface area contributed by atoms with Gasteiger partial charge >= 0.3 is 0 Å². The first kappa shape index (κ1) is 9.91. The van der Waals surface area contributed by atoms with Gasteiger partial charge in [0.2, 0.25) is 0 Å². The van der Waals surface area contributed by atoms with Gasteiger partial charge in [0.15, 0.2) is 0 Å². The van der Waals surface area contributed by atoms with Gasteiger partial charge in [-0.3, -0.25) is 0 Å². The zero-order valence-corrected chi connectivity index (χ0v) is 9.88. The molecule has 0 saturated heterocycles. The minimum atomic E-state index is -0.0478. The fourth-order valence-electron chi connectivity index (χ4n) is 2.47. The molecule has 0 amide bonds. The summed E-state index contributed by atoms with van der Waals surface area (Å²) in [5.74, 6) is 0.545. The maximum Gasteiger partial charge on any atom is 0.0492 e. The van der Waals surface area contributed by atoms with E-state index in [1.807, 2.05) is 0 Å². The molecular weight excluding hydrogens is 196 g/mol. The highest BCUT2D eigenvalue weighted by molar-refractivity contribution is 5.87. The molecular formula is C14H18N2. The topological polar surface area (TPSA) is 41.8 Å². The summed E-state index contributed by atoms with van der Waals surface area (Å²) >= 11 is 0. The second-order valence-electron chi connectivity index (χ2n) is 5.28. The van der Waals surface area contributed by atoms with Crippen molar-refractivity contribution >= 4 is 10.9 Å². The van der Waals surface area contributed by atoms with Gasteiger partial charge in [-0.2, -0.15) is 0 Å². The van der Waals surface area contributed by atoms with E-state index >= 15 is 0 Å². The Bertz CT molecular complexity index is 533. The van der Waals surface area contributed by atoms with Gasteiger partial charge in [0.25, 0.3) is 0 Å². The third-order valence-corrected chi connectivity index (χ3v) is 3.69. The maximum absolute atomic E-state index is 6.28. The first-order valence-electron chi connectivity index (χ1n) is 6.01. The molecule has 1 heterocycles. The lowest BCUT2D eigenvalue weighted by atomic mass is 9.97. The second-order valence-corrected chi connectivity index (χ2v) is 5.28. The van der Waals surface area contributed by atoms with Crippen LogP contribution in [0.2, 0.25) is 0 Å². The first-order chi connectivity index (χ1) is 7.62. The van der Waals surface area contributed by atoms with Crippen molar-refractivity contribution in [3.05, 3.63) is 35.5 Å². The molecule has 1 aliphatic rings. The highest BCUT2D eigenvalue weighted by atomic mass is 14.8. The van der Waals surface area contributed by atoms with Gasteiger partial charge in [0.05, 0.1) is 0 Å². The molecule has 0 bridgehead atoms. The van der Waals surface area contributed by atoms with Crippen molar-refractivity contribution < 1.29 is 0 Å². The molecule has 1 aliphatic carbocycles. The minimum Gasteiger partial charge on any atom is -0.361 e. The van der Waals surface area contributed by atoms with E-state index in [4.69, 9.17) is 5.73 Å². The lowest BCUT2D eigenvalue weighted by Crippen LogP contribution is -2.17. The third-order valence-electron chi connectivity index (χ3n) is 3.69. The Kier molecular flexibility index (Phi) is 1.93. The van der Waals surface area contributed by atoms with Crippen LogP contribution in [-0.4, -0.2) is 4.98 Å². The third kappa shape index (κ3) is 1.30. The Morgan fingerprint density at radius 2 is 2.06 bits per heavy atom. The number of nitrogens with one attached hydrogen (secondary N) is 1. The molecule has 1 saturated carbocycles. The number of nitrogens with two attached hydrogens (primary N) is 1. The summed E-state index contributed by atoms with van der Waals surface area (Å²) < 4.78 is 0. The summed E-state index contributed by atoms with van der Waals surface area (Å²) in [6.07, 6.45) is 4.33. The first-order valence-corrected chi connectivity index (χ1v) is 6.01. The summed E-state index contributed by atoms with van der Waals surface area (Å²) in [5, 5.41) is 1.31. The molecule has 0 atom stereocenters. The van der Waals surface area contributed by atoms with Crippen molar-refractivity contribution in [2.75, 3.05) is 0 Å². The summed E-state index contributed by atoms with van der Waals surface area (Å²) in [4.78, 5) is 3.40. The standard InChI is InChI=1S/C14H18N2/c1-9(2)10-4-3-5-11-12(8-16-13(10)11)14(15)6-7-14/h3-5,8-9,16H,6-7,15H2,1-2H3. The summed E-state index contributed by atoms with van der Waals surface area (Å²) in [7, 11) is 0. The van der Waals surface area contributed by atoms with Crippen LogP contribution >= 0.6 is 0 Å². The highest BCUT2D eigenvalue weighted by Crippen LogP contribution is 2.46. The SMILES string of the molecule is CC(C)c1cccc2c(C3(N)CC3)c[nH]c12. The molecule has 16 heavy (non-hydrogen) atoms. The number of aromatic amines is 1. The number of hydrogen-bond donors (Lipinski definition) is 2. The van der Waals surface area contributed by atoms with Crippen molar-refractivity contribution in [2.24, 2.45) is 5.73 Å². The van der Waals surface area contributed by atoms with Gasteiger partial charge in [-0.15, -0.1) is 0 Å². The summed E-state index contributed by atoms with van der Waals surface area (Å²) in [6, 6.07) is 6.52. The number of rotatable bonds is 2. The molecule has 0 spiro atoms. The number of hydrogen-bond acceptors (Lipinski definition) is 1. The van der Waals surface area contributed by atoms with Crippen LogP contribution in [-0.2, 0) is 5.54 Å². The maximum atomic E-state index is 6.28. The molecule has 2 aromatic rings. The van der Waals surface area contributed by atoms with E-state index in [1.54, 1.807) is 0 Å². The number of aromatic nitrogens is 1. The zero-order valence-electron chi connectivity index (χ0n) is 9.88. The summed E-state index contributed by atoms with van der Waals surface area (Å²) in [5.41, 5.74) is 10.2. The van der Waals surface area contributed by atoms with E-state index in [1.165, 1.54) is 22.0 Å². The van der Waals surface area contributed by atoms with Crippen LogP contribution < -0.4 is 5.73 Å². The second kappa shape index (κ2) is 3.11. The van der Waals surface area contributed by atoms with Crippen molar-refractivity contribution in [1.29, 1.82) is 0 Å². The van der Waals surface area contributed by atoms with E-state index in [0.29, 0.717) is 5.92 Å².